The molecule has 2 aromatic rings. The molecule has 0 radical (unpaired) electrons. The zero-order valence-electron chi connectivity index (χ0n) is 14.5. The van der Waals surface area contributed by atoms with E-state index >= 15 is 0 Å². The van der Waals surface area contributed by atoms with Gasteiger partial charge in [-0.1, -0.05) is 11.6 Å². The number of benzene rings is 2. The van der Waals surface area contributed by atoms with Crippen LogP contribution in [0.5, 0.6) is 0 Å². The summed E-state index contributed by atoms with van der Waals surface area (Å²) in [6.45, 7) is 1.54. The molecule has 0 saturated carbocycles. The Kier molecular flexibility index (Phi) is 5.44. The zero-order valence-corrected chi connectivity index (χ0v) is 15.3. The van der Waals surface area contributed by atoms with E-state index in [0.717, 1.165) is 13.0 Å². The highest BCUT2D eigenvalue weighted by atomic mass is 35.5. The van der Waals surface area contributed by atoms with Crippen LogP contribution in [-0.2, 0) is 4.74 Å². The highest BCUT2D eigenvalue weighted by molar-refractivity contribution is 6.30. The Bertz CT molecular complexity index is 811. The molecule has 138 valence electrons. The molecule has 1 heterocycles. The topological polar surface area (TPSA) is 32.8 Å². The third-order valence-electron chi connectivity index (χ3n) is 4.38. The third-order valence-corrected chi connectivity index (χ3v) is 4.60. The molecule has 0 aliphatic carbocycles. The minimum atomic E-state index is -0.541. The van der Waals surface area contributed by atoms with Gasteiger partial charge in [0, 0.05) is 30.7 Å². The molecule has 7 heteroatoms. The Balaban J connectivity index is 1.90. The van der Waals surface area contributed by atoms with E-state index in [2.05, 4.69) is 4.90 Å². The minimum Gasteiger partial charge on any atom is -0.444 e. The van der Waals surface area contributed by atoms with Gasteiger partial charge in [-0.2, -0.15) is 0 Å². The molecule has 4 nitrogen and oxygen atoms in total. The van der Waals surface area contributed by atoms with Gasteiger partial charge >= 0.3 is 6.09 Å². The number of nitrogens with zero attached hydrogens (tertiary/aromatic N) is 2. The van der Waals surface area contributed by atoms with Gasteiger partial charge in [-0.3, -0.25) is 4.90 Å². The molecule has 1 saturated heterocycles. The minimum absolute atomic E-state index is 0.178. The number of carbonyl (C=O) groups excluding carboxylic acids is 1. The maximum atomic E-state index is 13.8. The van der Waals surface area contributed by atoms with E-state index in [1.807, 2.05) is 7.05 Å². The van der Waals surface area contributed by atoms with E-state index in [-0.39, 0.29) is 11.1 Å². The standard InChI is InChI=1S/C19H19ClF2N2O2/c1-23-6-5-16(11-23)26-19(25)24(2)18-4-3-14(21)10-17(18)12-7-13(20)9-15(22)8-12/h3-4,7-10,16H,5-6,11H2,1-2H3/t16-/m1/s1. The maximum absolute atomic E-state index is 13.8. The number of halogens is 3. The lowest BCUT2D eigenvalue weighted by molar-refractivity contribution is 0.110. The van der Waals surface area contributed by atoms with Crippen molar-refractivity contribution in [1.29, 1.82) is 0 Å². The summed E-state index contributed by atoms with van der Waals surface area (Å²) >= 11 is 5.92. The predicted molar refractivity (Wildman–Crippen MR) is 97.6 cm³/mol. The summed E-state index contributed by atoms with van der Waals surface area (Å²) in [4.78, 5) is 15.9. The number of likely N-dealkylation sites (N-methyl/N-ethyl adjacent to an activating group) is 1. The van der Waals surface area contributed by atoms with Gasteiger partial charge in [-0.05, 0) is 55.4 Å². The van der Waals surface area contributed by atoms with Gasteiger partial charge in [-0.15, -0.1) is 0 Å². The Morgan fingerprint density at radius 3 is 2.65 bits per heavy atom. The number of anilines is 1. The molecule has 26 heavy (non-hydrogen) atoms. The number of amides is 1. The molecule has 0 bridgehead atoms. The van der Waals surface area contributed by atoms with E-state index in [0.29, 0.717) is 23.4 Å². The summed E-state index contributed by atoms with van der Waals surface area (Å²) in [5.74, 6) is -1.04. The summed E-state index contributed by atoms with van der Waals surface area (Å²) in [5.41, 5.74) is 1.14. The molecule has 0 unspecified atom stereocenters. The summed E-state index contributed by atoms with van der Waals surface area (Å²) < 4.78 is 33.0. The van der Waals surface area contributed by atoms with E-state index in [1.54, 1.807) is 7.05 Å². The number of ether oxygens (including phenoxy) is 1. The Labute approximate surface area is 155 Å². The average molecular weight is 381 g/mol. The second-order valence-corrected chi connectivity index (χ2v) is 6.87. The van der Waals surface area contributed by atoms with Crippen LogP contribution >= 0.6 is 11.6 Å². The number of hydrogen-bond donors (Lipinski definition) is 0. The van der Waals surface area contributed by atoms with Crippen molar-refractivity contribution >= 4 is 23.4 Å². The van der Waals surface area contributed by atoms with Crippen molar-refractivity contribution in [2.75, 3.05) is 32.1 Å². The van der Waals surface area contributed by atoms with Gasteiger partial charge in [0.25, 0.3) is 0 Å². The van der Waals surface area contributed by atoms with Crippen LogP contribution in [0.1, 0.15) is 6.42 Å². The van der Waals surface area contributed by atoms with Crippen LogP contribution in [0.3, 0.4) is 0 Å². The number of carbonyl (C=O) groups is 1. The third kappa shape index (κ3) is 4.14. The van der Waals surface area contributed by atoms with Crippen molar-refractivity contribution in [2.24, 2.45) is 0 Å². The van der Waals surface area contributed by atoms with Gasteiger partial charge in [-0.25, -0.2) is 13.6 Å². The van der Waals surface area contributed by atoms with Crippen molar-refractivity contribution in [1.82, 2.24) is 4.90 Å². The van der Waals surface area contributed by atoms with Crippen LogP contribution in [0, 0.1) is 11.6 Å². The van der Waals surface area contributed by atoms with Gasteiger partial charge in [0.15, 0.2) is 0 Å². The van der Waals surface area contributed by atoms with Crippen molar-refractivity contribution in [3.8, 4) is 11.1 Å². The Morgan fingerprint density at radius 1 is 1.23 bits per heavy atom. The van der Waals surface area contributed by atoms with E-state index < -0.39 is 17.7 Å². The first kappa shape index (κ1) is 18.6. The van der Waals surface area contributed by atoms with E-state index in [4.69, 9.17) is 16.3 Å². The van der Waals surface area contributed by atoms with Crippen molar-refractivity contribution in [3.63, 3.8) is 0 Å². The monoisotopic (exact) mass is 380 g/mol. The van der Waals surface area contributed by atoms with Crippen molar-refractivity contribution in [3.05, 3.63) is 53.1 Å². The fourth-order valence-electron chi connectivity index (χ4n) is 3.05. The molecule has 1 amide bonds. The Hall–Kier alpha value is -2.18. The first-order valence-corrected chi connectivity index (χ1v) is 8.60. The van der Waals surface area contributed by atoms with Gasteiger partial charge in [0.1, 0.15) is 17.7 Å². The summed E-state index contributed by atoms with van der Waals surface area (Å²) in [5, 5.41) is 0.189. The predicted octanol–water partition coefficient (Wildman–Crippen LogP) is 4.56. The quantitative estimate of drug-likeness (QED) is 0.782. The average Bonchev–Trinajstić information content (AvgIpc) is 2.98. The van der Waals surface area contributed by atoms with Crippen LogP contribution in [0.15, 0.2) is 36.4 Å². The molecule has 1 fully saturated rings. The zero-order chi connectivity index (χ0) is 18.8. The molecule has 1 aliphatic heterocycles. The molecule has 1 atom stereocenters. The number of rotatable bonds is 3. The van der Waals surface area contributed by atoms with Crippen LogP contribution in [0.2, 0.25) is 5.02 Å². The van der Waals surface area contributed by atoms with Crippen LogP contribution in [0.4, 0.5) is 19.3 Å². The molecular formula is C19H19ClF2N2O2. The molecule has 2 aromatic carbocycles. The summed E-state index contributed by atoms with van der Waals surface area (Å²) in [6.07, 6.45) is 0.0504. The fraction of sp³-hybridized carbons (Fsp3) is 0.316. The number of hydrogen-bond acceptors (Lipinski definition) is 3. The van der Waals surface area contributed by atoms with Crippen molar-refractivity contribution in [2.45, 2.75) is 12.5 Å². The lowest BCUT2D eigenvalue weighted by Crippen LogP contribution is -2.32. The van der Waals surface area contributed by atoms with E-state index in [1.165, 1.54) is 41.3 Å². The Morgan fingerprint density at radius 2 is 2.00 bits per heavy atom. The molecule has 3 rings (SSSR count). The second-order valence-electron chi connectivity index (χ2n) is 6.44. The maximum Gasteiger partial charge on any atom is 0.414 e. The van der Waals surface area contributed by atoms with Gasteiger partial charge in [0.2, 0.25) is 0 Å². The first-order valence-electron chi connectivity index (χ1n) is 8.22. The molecule has 0 aromatic heterocycles. The largest absolute Gasteiger partial charge is 0.444 e. The van der Waals surface area contributed by atoms with Crippen molar-refractivity contribution < 1.29 is 18.3 Å². The van der Waals surface area contributed by atoms with Gasteiger partial charge in [0.05, 0.1) is 5.69 Å². The normalized spacial score (nSPS) is 17.3. The van der Waals surface area contributed by atoms with Gasteiger partial charge < -0.3 is 9.64 Å². The highest BCUT2D eigenvalue weighted by Crippen LogP contribution is 2.33. The fourth-order valence-corrected chi connectivity index (χ4v) is 3.27. The highest BCUT2D eigenvalue weighted by Gasteiger charge is 2.26. The van der Waals surface area contributed by atoms with Crippen LogP contribution in [-0.4, -0.2) is 44.3 Å². The summed E-state index contributed by atoms with van der Waals surface area (Å²) in [6, 6.07) is 7.88. The molecule has 0 spiro atoms. The SMILES string of the molecule is CN1CC[C@@H](OC(=O)N(C)c2ccc(F)cc2-c2cc(F)cc(Cl)c2)C1. The lowest BCUT2D eigenvalue weighted by atomic mass is 10.0. The second kappa shape index (κ2) is 7.60. The van der Waals surface area contributed by atoms with E-state index in [9.17, 15) is 13.6 Å². The molecule has 1 aliphatic rings. The van der Waals surface area contributed by atoms with Crippen LogP contribution in [0.25, 0.3) is 11.1 Å². The number of likely N-dealkylation sites (tertiary alicyclic amines) is 1. The van der Waals surface area contributed by atoms with Crippen LogP contribution < -0.4 is 4.90 Å². The molecular weight excluding hydrogens is 362 g/mol. The summed E-state index contributed by atoms with van der Waals surface area (Å²) in [7, 11) is 3.50. The molecule has 0 N–H and O–H groups in total. The smallest absolute Gasteiger partial charge is 0.414 e. The lowest BCUT2D eigenvalue weighted by Gasteiger charge is -2.23. The first-order chi connectivity index (χ1) is 12.3.